The quantitative estimate of drug-likeness (QED) is 0.881. The van der Waals surface area contributed by atoms with E-state index in [-0.39, 0.29) is 18.4 Å². The number of nitrogens with two attached hydrogens (primary N) is 1. The zero-order valence-corrected chi connectivity index (χ0v) is 11.3. The number of benzene rings is 1. The summed E-state index contributed by atoms with van der Waals surface area (Å²) in [6.45, 7) is 2.88. The van der Waals surface area contributed by atoms with Crippen LogP contribution in [0.15, 0.2) is 29.2 Å². The Kier molecular flexibility index (Phi) is 4.55. The van der Waals surface area contributed by atoms with Gasteiger partial charge in [-0.15, -0.1) is 12.4 Å². The molecule has 0 aromatic heterocycles. The smallest absolute Gasteiger partial charge is 0.243 e. The summed E-state index contributed by atoms with van der Waals surface area (Å²) in [5, 5.41) is 0. The first-order valence-electron chi connectivity index (χ1n) is 5.32. The number of aryl methyl sites for hydroxylation is 1. The third-order valence-electron chi connectivity index (χ3n) is 2.85. The van der Waals surface area contributed by atoms with Gasteiger partial charge in [0.2, 0.25) is 10.0 Å². The molecule has 0 bridgehead atoms. The summed E-state index contributed by atoms with van der Waals surface area (Å²) in [5.74, 6) is 0. The van der Waals surface area contributed by atoms with Crippen molar-refractivity contribution < 1.29 is 8.42 Å². The molecule has 0 saturated carbocycles. The van der Waals surface area contributed by atoms with Crippen LogP contribution < -0.4 is 5.73 Å². The van der Waals surface area contributed by atoms with Crippen molar-refractivity contribution >= 4 is 22.4 Å². The normalized spacial score (nSPS) is 21.2. The highest BCUT2D eigenvalue weighted by Gasteiger charge is 2.30. The molecule has 1 aliphatic heterocycles. The topological polar surface area (TPSA) is 63.4 Å². The maximum atomic E-state index is 12.2. The van der Waals surface area contributed by atoms with Gasteiger partial charge in [0.25, 0.3) is 0 Å². The van der Waals surface area contributed by atoms with Gasteiger partial charge in [0, 0.05) is 19.1 Å². The Morgan fingerprint density at radius 2 is 1.88 bits per heavy atom. The fraction of sp³-hybridized carbons (Fsp3) is 0.455. The summed E-state index contributed by atoms with van der Waals surface area (Å²) in [4.78, 5) is 0.354. The molecule has 4 nitrogen and oxygen atoms in total. The minimum atomic E-state index is -3.34. The monoisotopic (exact) mass is 276 g/mol. The van der Waals surface area contributed by atoms with Gasteiger partial charge in [0.05, 0.1) is 4.90 Å². The van der Waals surface area contributed by atoms with E-state index in [1.165, 1.54) is 4.31 Å². The third kappa shape index (κ3) is 2.98. The van der Waals surface area contributed by atoms with Crippen molar-refractivity contribution in [2.75, 3.05) is 13.1 Å². The standard InChI is InChI=1S/C11H16N2O2S.ClH/c1-9-2-4-11(5-3-9)16(14,15)13-7-6-10(12)8-13;/h2-5,10H,6-8,12H2,1H3;1H/t10-;/m1./s1. The van der Waals surface area contributed by atoms with Gasteiger partial charge in [-0.2, -0.15) is 4.31 Å². The Bertz CT molecular complexity index is 473. The van der Waals surface area contributed by atoms with Gasteiger partial charge < -0.3 is 5.73 Å². The molecule has 2 N–H and O–H groups in total. The van der Waals surface area contributed by atoms with E-state index in [1.807, 2.05) is 19.1 Å². The second kappa shape index (κ2) is 5.35. The van der Waals surface area contributed by atoms with E-state index in [0.717, 1.165) is 12.0 Å². The summed E-state index contributed by atoms with van der Waals surface area (Å²) >= 11 is 0. The van der Waals surface area contributed by atoms with E-state index >= 15 is 0 Å². The summed E-state index contributed by atoms with van der Waals surface area (Å²) in [6.07, 6.45) is 0.741. The van der Waals surface area contributed by atoms with Gasteiger partial charge in [-0.25, -0.2) is 8.42 Å². The maximum Gasteiger partial charge on any atom is 0.243 e. The van der Waals surface area contributed by atoms with Crippen molar-refractivity contribution in [1.29, 1.82) is 0 Å². The van der Waals surface area contributed by atoms with E-state index in [1.54, 1.807) is 12.1 Å². The Morgan fingerprint density at radius 3 is 2.35 bits per heavy atom. The molecule has 1 aliphatic rings. The van der Waals surface area contributed by atoms with E-state index in [4.69, 9.17) is 5.73 Å². The van der Waals surface area contributed by atoms with Crippen molar-refractivity contribution in [2.45, 2.75) is 24.3 Å². The summed E-state index contributed by atoms with van der Waals surface area (Å²) in [7, 11) is -3.34. The molecule has 2 rings (SSSR count). The summed E-state index contributed by atoms with van der Waals surface area (Å²) < 4.78 is 25.8. The Balaban J connectivity index is 0.00000144. The first kappa shape index (κ1) is 14.4. The summed E-state index contributed by atoms with van der Waals surface area (Å²) in [5.41, 5.74) is 6.77. The lowest BCUT2D eigenvalue weighted by Gasteiger charge is -2.15. The molecule has 0 aliphatic carbocycles. The average Bonchev–Trinajstić information content (AvgIpc) is 2.66. The highest BCUT2D eigenvalue weighted by Crippen LogP contribution is 2.20. The first-order chi connectivity index (χ1) is 7.50. The fourth-order valence-electron chi connectivity index (χ4n) is 1.83. The van der Waals surface area contributed by atoms with E-state index in [9.17, 15) is 8.42 Å². The van der Waals surface area contributed by atoms with Gasteiger partial charge in [0.15, 0.2) is 0 Å². The molecule has 6 heteroatoms. The van der Waals surface area contributed by atoms with Crippen LogP contribution in [0, 0.1) is 6.92 Å². The van der Waals surface area contributed by atoms with E-state index < -0.39 is 10.0 Å². The molecule has 1 saturated heterocycles. The minimum absolute atomic E-state index is 0. The molecule has 1 atom stereocenters. The highest BCUT2D eigenvalue weighted by atomic mass is 35.5. The van der Waals surface area contributed by atoms with Crippen LogP contribution in [0.25, 0.3) is 0 Å². The molecule has 0 spiro atoms. The molecule has 0 amide bonds. The van der Waals surface area contributed by atoms with Crippen LogP contribution in [0.4, 0.5) is 0 Å². The second-order valence-corrected chi connectivity index (χ2v) is 6.16. The van der Waals surface area contributed by atoms with Crippen LogP contribution in [0.2, 0.25) is 0 Å². The number of rotatable bonds is 2. The van der Waals surface area contributed by atoms with Crippen molar-refractivity contribution in [3.05, 3.63) is 29.8 Å². The molecule has 96 valence electrons. The van der Waals surface area contributed by atoms with Crippen LogP contribution in [-0.2, 0) is 10.0 Å². The largest absolute Gasteiger partial charge is 0.326 e. The third-order valence-corrected chi connectivity index (χ3v) is 4.73. The predicted molar refractivity (Wildman–Crippen MR) is 69.8 cm³/mol. The summed E-state index contributed by atoms with van der Waals surface area (Å²) in [6, 6.07) is 6.88. The van der Waals surface area contributed by atoms with Gasteiger partial charge in [0.1, 0.15) is 0 Å². The predicted octanol–water partition coefficient (Wildman–Crippen LogP) is 1.14. The molecule has 0 unspecified atom stereocenters. The van der Waals surface area contributed by atoms with Crippen LogP contribution in [0.1, 0.15) is 12.0 Å². The molecular formula is C11H17ClN2O2S. The Morgan fingerprint density at radius 1 is 1.29 bits per heavy atom. The van der Waals surface area contributed by atoms with E-state index in [0.29, 0.717) is 18.0 Å². The minimum Gasteiger partial charge on any atom is -0.326 e. The van der Waals surface area contributed by atoms with Gasteiger partial charge in [-0.05, 0) is 25.5 Å². The molecule has 17 heavy (non-hydrogen) atoms. The highest BCUT2D eigenvalue weighted by molar-refractivity contribution is 7.89. The number of sulfonamides is 1. The zero-order valence-electron chi connectivity index (χ0n) is 9.67. The molecule has 1 aromatic carbocycles. The molecule has 1 aromatic rings. The molecule has 1 fully saturated rings. The van der Waals surface area contributed by atoms with Crippen LogP contribution in [-0.4, -0.2) is 31.9 Å². The fourth-order valence-corrected chi connectivity index (χ4v) is 3.34. The van der Waals surface area contributed by atoms with E-state index in [2.05, 4.69) is 0 Å². The van der Waals surface area contributed by atoms with Crippen molar-refractivity contribution in [3.63, 3.8) is 0 Å². The SMILES string of the molecule is Cc1ccc(S(=O)(=O)N2CC[C@@H](N)C2)cc1.Cl. The maximum absolute atomic E-state index is 12.2. The van der Waals surface area contributed by atoms with Crippen LogP contribution >= 0.6 is 12.4 Å². The lowest BCUT2D eigenvalue weighted by molar-refractivity contribution is 0.472. The van der Waals surface area contributed by atoms with Gasteiger partial charge >= 0.3 is 0 Å². The Hall–Kier alpha value is -0.620. The Labute approximate surface area is 108 Å². The van der Waals surface area contributed by atoms with Crippen molar-refractivity contribution in [1.82, 2.24) is 4.31 Å². The number of nitrogens with zero attached hydrogens (tertiary/aromatic N) is 1. The lowest BCUT2D eigenvalue weighted by Crippen LogP contribution is -2.31. The number of hydrogen-bond donors (Lipinski definition) is 1. The van der Waals surface area contributed by atoms with Crippen molar-refractivity contribution in [3.8, 4) is 0 Å². The molecule has 0 radical (unpaired) electrons. The van der Waals surface area contributed by atoms with Gasteiger partial charge in [-0.1, -0.05) is 17.7 Å². The van der Waals surface area contributed by atoms with Crippen LogP contribution in [0.3, 0.4) is 0 Å². The molecular weight excluding hydrogens is 260 g/mol. The number of halogens is 1. The second-order valence-electron chi connectivity index (χ2n) is 4.22. The average molecular weight is 277 g/mol. The number of hydrogen-bond acceptors (Lipinski definition) is 3. The zero-order chi connectivity index (χ0) is 11.8. The van der Waals surface area contributed by atoms with Crippen LogP contribution in [0.5, 0.6) is 0 Å². The first-order valence-corrected chi connectivity index (χ1v) is 6.76. The van der Waals surface area contributed by atoms with Gasteiger partial charge in [-0.3, -0.25) is 0 Å². The lowest BCUT2D eigenvalue weighted by atomic mass is 10.2. The molecule has 1 heterocycles. The van der Waals surface area contributed by atoms with Crippen molar-refractivity contribution in [2.24, 2.45) is 5.73 Å².